The van der Waals surface area contributed by atoms with Crippen LogP contribution in [0.25, 0.3) is 11.3 Å². The van der Waals surface area contributed by atoms with E-state index in [0.29, 0.717) is 16.8 Å². The minimum absolute atomic E-state index is 0.150. The average Bonchev–Trinajstić information content (AvgIpc) is 3.36. The van der Waals surface area contributed by atoms with Gasteiger partial charge in [0.25, 0.3) is 5.91 Å². The molecular weight excluding hydrogens is 396 g/mol. The van der Waals surface area contributed by atoms with Crippen molar-refractivity contribution in [3.63, 3.8) is 0 Å². The summed E-state index contributed by atoms with van der Waals surface area (Å²) in [5.74, 6) is -1.11. The Morgan fingerprint density at radius 1 is 1.18 bits per heavy atom. The predicted octanol–water partition coefficient (Wildman–Crippen LogP) is 4.05. The molecule has 3 aromatic rings. The van der Waals surface area contributed by atoms with Gasteiger partial charge in [0.15, 0.2) is 22.1 Å². The Bertz CT molecular complexity index is 968. The second kappa shape index (κ2) is 9.25. The first-order valence-corrected chi connectivity index (χ1v) is 10.2. The number of carbonyl (C=O) groups excluding carboxylic acids is 2. The summed E-state index contributed by atoms with van der Waals surface area (Å²) in [5, 5.41) is 10.1. The molecule has 1 atom stereocenters. The normalized spacial score (nSPS) is 11.5. The van der Waals surface area contributed by atoms with Crippen molar-refractivity contribution < 1.29 is 14.3 Å². The molecule has 7 nitrogen and oxygen atoms in total. The molecule has 1 amide bonds. The first kappa shape index (κ1) is 19.7. The second-order valence-electron chi connectivity index (χ2n) is 5.65. The summed E-state index contributed by atoms with van der Waals surface area (Å²) in [7, 11) is 0. The highest BCUT2D eigenvalue weighted by Crippen LogP contribution is 2.24. The number of nitrogens with zero attached hydrogens (tertiary/aromatic N) is 2. The Hall–Kier alpha value is -3.04. The monoisotopic (exact) mass is 414 g/mol. The standard InChI is InChI=1S/C19H18N4O3S2/c1-3-9-20-18-22-15(11-27-18)17(25)26-12(2)16(24)23-19-21-14(10-28-19)13-7-5-4-6-8-13/h3-8,10-12H,1,9H2,2H3,(H,20,22)(H,21,23,24). The second-order valence-corrected chi connectivity index (χ2v) is 7.36. The zero-order chi connectivity index (χ0) is 19.9. The van der Waals surface area contributed by atoms with Gasteiger partial charge in [-0.25, -0.2) is 14.8 Å². The molecule has 0 bridgehead atoms. The first-order chi connectivity index (χ1) is 13.6. The number of hydrogen-bond acceptors (Lipinski definition) is 8. The molecule has 144 valence electrons. The van der Waals surface area contributed by atoms with Crippen LogP contribution in [0.4, 0.5) is 10.3 Å². The molecule has 0 spiro atoms. The number of aromatic nitrogens is 2. The van der Waals surface area contributed by atoms with Gasteiger partial charge in [0, 0.05) is 22.9 Å². The molecule has 0 saturated heterocycles. The average molecular weight is 415 g/mol. The maximum atomic E-state index is 12.3. The van der Waals surface area contributed by atoms with Gasteiger partial charge in [0.1, 0.15) is 0 Å². The van der Waals surface area contributed by atoms with E-state index in [1.807, 2.05) is 35.7 Å². The van der Waals surface area contributed by atoms with Gasteiger partial charge in [-0.15, -0.1) is 29.3 Å². The molecule has 1 aromatic carbocycles. The number of anilines is 2. The van der Waals surface area contributed by atoms with Gasteiger partial charge in [-0.1, -0.05) is 36.4 Å². The molecule has 0 aliphatic rings. The zero-order valence-electron chi connectivity index (χ0n) is 15.0. The van der Waals surface area contributed by atoms with Crippen LogP contribution in [0.1, 0.15) is 17.4 Å². The molecule has 28 heavy (non-hydrogen) atoms. The molecule has 2 aromatic heterocycles. The van der Waals surface area contributed by atoms with E-state index in [9.17, 15) is 9.59 Å². The summed E-state index contributed by atoms with van der Waals surface area (Å²) in [5.41, 5.74) is 1.88. The van der Waals surface area contributed by atoms with Crippen LogP contribution < -0.4 is 10.6 Å². The molecule has 0 fully saturated rings. The van der Waals surface area contributed by atoms with Gasteiger partial charge < -0.3 is 10.1 Å². The van der Waals surface area contributed by atoms with Crippen molar-refractivity contribution in [2.45, 2.75) is 13.0 Å². The summed E-state index contributed by atoms with van der Waals surface area (Å²) in [6, 6.07) is 9.65. The fraction of sp³-hybridized carbons (Fsp3) is 0.158. The third-order valence-corrected chi connectivity index (χ3v) is 5.13. The Morgan fingerprint density at radius 3 is 2.68 bits per heavy atom. The van der Waals surface area contributed by atoms with E-state index >= 15 is 0 Å². The topological polar surface area (TPSA) is 93.2 Å². The quantitative estimate of drug-likeness (QED) is 0.427. The third-order valence-electron chi connectivity index (χ3n) is 3.57. The predicted molar refractivity (Wildman–Crippen MR) is 112 cm³/mol. The summed E-state index contributed by atoms with van der Waals surface area (Å²) >= 11 is 2.58. The van der Waals surface area contributed by atoms with Crippen molar-refractivity contribution in [1.29, 1.82) is 0 Å². The Kier molecular flexibility index (Phi) is 6.51. The summed E-state index contributed by atoms with van der Waals surface area (Å²) in [6.45, 7) is 5.65. The van der Waals surface area contributed by atoms with Gasteiger partial charge in [-0.2, -0.15) is 0 Å². The van der Waals surface area contributed by atoms with Crippen LogP contribution in [-0.2, 0) is 9.53 Å². The highest BCUT2D eigenvalue weighted by atomic mass is 32.1. The lowest BCUT2D eigenvalue weighted by Gasteiger charge is -2.11. The third kappa shape index (κ3) is 5.02. The molecule has 9 heteroatoms. The molecule has 3 rings (SSSR count). The number of esters is 1. The van der Waals surface area contributed by atoms with Gasteiger partial charge >= 0.3 is 5.97 Å². The largest absolute Gasteiger partial charge is 0.448 e. The number of carbonyl (C=O) groups is 2. The molecule has 2 heterocycles. The molecular formula is C19H18N4O3S2. The number of thiazole rings is 2. The van der Waals surface area contributed by atoms with Gasteiger partial charge in [0.05, 0.1) is 5.69 Å². The number of nitrogens with one attached hydrogen (secondary N) is 2. The number of ether oxygens (including phenoxy) is 1. The van der Waals surface area contributed by atoms with Crippen molar-refractivity contribution in [3.05, 3.63) is 59.4 Å². The lowest BCUT2D eigenvalue weighted by Crippen LogP contribution is -2.30. The van der Waals surface area contributed by atoms with Crippen molar-refractivity contribution in [2.75, 3.05) is 17.2 Å². The van der Waals surface area contributed by atoms with Gasteiger partial charge in [-0.3, -0.25) is 10.1 Å². The molecule has 0 radical (unpaired) electrons. The fourth-order valence-corrected chi connectivity index (χ4v) is 3.57. The van der Waals surface area contributed by atoms with E-state index in [1.54, 1.807) is 11.5 Å². The number of amides is 1. The molecule has 0 aliphatic heterocycles. The minimum atomic E-state index is -0.983. The number of hydrogen-bond donors (Lipinski definition) is 2. The van der Waals surface area contributed by atoms with E-state index in [-0.39, 0.29) is 5.69 Å². The van der Waals surface area contributed by atoms with Crippen molar-refractivity contribution in [2.24, 2.45) is 0 Å². The summed E-state index contributed by atoms with van der Waals surface area (Å²) in [4.78, 5) is 33.0. The zero-order valence-corrected chi connectivity index (χ0v) is 16.7. The molecule has 1 unspecified atom stereocenters. The lowest BCUT2D eigenvalue weighted by atomic mass is 10.2. The highest BCUT2D eigenvalue weighted by Gasteiger charge is 2.21. The smallest absolute Gasteiger partial charge is 0.358 e. The number of rotatable bonds is 8. The van der Waals surface area contributed by atoms with Crippen LogP contribution in [-0.4, -0.2) is 34.5 Å². The van der Waals surface area contributed by atoms with Crippen LogP contribution in [0.5, 0.6) is 0 Å². The summed E-state index contributed by atoms with van der Waals surface area (Å²) in [6.07, 6.45) is 0.705. The van der Waals surface area contributed by atoms with Gasteiger partial charge in [-0.05, 0) is 6.92 Å². The Balaban J connectivity index is 1.56. The van der Waals surface area contributed by atoms with Crippen LogP contribution in [0, 0.1) is 0 Å². The molecule has 2 N–H and O–H groups in total. The van der Waals surface area contributed by atoms with Crippen molar-refractivity contribution in [1.82, 2.24) is 9.97 Å². The van der Waals surface area contributed by atoms with Crippen LogP contribution in [0.2, 0.25) is 0 Å². The molecule has 0 aliphatic carbocycles. The van der Waals surface area contributed by atoms with E-state index < -0.39 is 18.0 Å². The summed E-state index contributed by atoms with van der Waals surface area (Å²) < 4.78 is 5.20. The Morgan fingerprint density at radius 2 is 1.93 bits per heavy atom. The van der Waals surface area contributed by atoms with Crippen molar-refractivity contribution >= 4 is 44.8 Å². The maximum absolute atomic E-state index is 12.3. The van der Waals surface area contributed by atoms with E-state index in [2.05, 4.69) is 27.2 Å². The first-order valence-electron chi connectivity index (χ1n) is 8.40. The maximum Gasteiger partial charge on any atom is 0.358 e. The fourth-order valence-electron chi connectivity index (χ4n) is 2.16. The van der Waals surface area contributed by atoms with Crippen LogP contribution in [0.3, 0.4) is 0 Å². The van der Waals surface area contributed by atoms with E-state index in [0.717, 1.165) is 11.3 Å². The minimum Gasteiger partial charge on any atom is -0.448 e. The van der Waals surface area contributed by atoms with E-state index in [1.165, 1.54) is 29.6 Å². The Labute approximate surface area is 170 Å². The van der Waals surface area contributed by atoms with Crippen LogP contribution in [0.15, 0.2) is 53.7 Å². The lowest BCUT2D eigenvalue weighted by molar-refractivity contribution is -0.123. The highest BCUT2D eigenvalue weighted by molar-refractivity contribution is 7.14. The van der Waals surface area contributed by atoms with E-state index in [4.69, 9.17) is 4.74 Å². The number of benzene rings is 1. The van der Waals surface area contributed by atoms with Crippen LogP contribution >= 0.6 is 22.7 Å². The van der Waals surface area contributed by atoms with Crippen molar-refractivity contribution in [3.8, 4) is 11.3 Å². The molecule has 0 saturated carbocycles. The SMILES string of the molecule is C=CCNc1nc(C(=O)OC(C)C(=O)Nc2nc(-c3ccccc3)cs2)cs1. The van der Waals surface area contributed by atoms with Gasteiger partial charge in [0.2, 0.25) is 0 Å².